The minimum atomic E-state index is -0.458. The van der Waals surface area contributed by atoms with Crippen LogP contribution in [0.4, 0.5) is 0 Å². The molecule has 2 aliphatic heterocycles. The van der Waals surface area contributed by atoms with Crippen LogP contribution in [0.5, 0.6) is 23.0 Å². The number of nitrogens with zero attached hydrogens (tertiary/aromatic N) is 1. The molecule has 0 spiro atoms. The van der Waals surface area contributed by atoms with Crippen LogP contribution in [-0.4, -0.2) is 42.6 Å². The summed E-state index contributed by atoms with van der Waals surface area (Å²) in [7, 11) is 0. The topological polar surface area (TPSA) is 102 Å². The maximum absolute atomic E-state index is 10.0. The molecule has 2 aromatic carbocycles. The molecule has 1 saturated carbocycles. The van der Waals surface area contributed by atoms with E-state index >= 15 is 0 Å². The van der Waals surface area contributed by atoms with Crippen molar-refractivity contribution in [1.82, 2.24) is 5.48 Å². The molecule has 32 heavy (non-hydrogen) atoms. The van der Waals surface area contributed by atoms with Crippen LogP contribution in [-0.2, 0) is 0 Å². The Kier molecular flexibility index (Phi) is 5.87. The van der Waals surface area contributed by atoms with Gasteiger partial charge in [-0.05, 0) is 66.3 Å². The standard InChI is InChI=1S/C24H26N2O6/c27-25-23-16(12-15-4-6-19-21(13-15)31-10-8-29-19)2-1-3-18(23)24(26-28)17-5-7-20-22(14-17)32-11-9-30-20/h4-7,12-14,18,24,26-28H,1-3,8-11H2/b16-12-,25-23-. The number of nitrogens with one attached hydrogen (secondary N) is 1. The number of allylic oxidation sites excluding steroid dienone is 1. The Hall–Kier alpha value is -3.23. The molecule has 3 N–H and O–H groups in total. The number of hydrogen-bond donors (Lipinski definition) is 3. The summed E-state index contributed by atoms with van der Waals surface area (Å²) in [5.74, 6) is 2.57. The Morgan fingerprint density at radius 3 is 2.25 bits per heavy atom. The van der Waals surface area contributed by atoms with Crippen LogP contribution < -0.4 is 24.4 Å². The molecular formula is C24H26N2O6. The van der Waals surface area contributed by atoms with Crippen LogP contribution in [0.2, 0.25) is 0 Å². The Bertz CT molecular complexity index is 1050. The van der Waals surface area contributed by atoms with E-state index in [1.54, 1.807) is 0 Å². The Balaban J connectivity index is 1.43. The van der Waals surface area contributed by atoms with Gasteiger partial charge in [-0.25, -0.2) is 0 Å². The highest BCUT2D eigenvalue weighted by molar-refractivity contribution is 6.06. The minimum Gasteiger partial charge on any atom is -0.486 e. The van der Waals surface area contributed by atoms with Crippen LogP contribution >= 0.6 is 0 Å². The summed E-state index contributed by atoms with van der Waals surface area (Å²) in [5, 5.41) is 23.6. The largest absolute Gasteiger partial charge is 0.486 e. The fourth-order valence-corrected chi connectivity index (χ4v) is 4.63. The Morgan fingerprint density at radius 1 is 0.906 bits per heavy atom. The van der Waals surface area contributed by atoms with Crippen LogP contribution in [0, 0.1) is 5.92 Å². The fraction of sp³-hybridized carbons (Fsp3) is 0.375. The SMILES string of the molecule is O/N=C1/C(=C\c2ccc3c(c2)OCCO3)CCCC1C(NO)c1ccc2c(c1)OCCO2. The van der Waals surface area contributed by atoms with E-state index in [9.17, 15) is 10.4 Å². The minimum absolute atomic E-state index is 0.218. The van der Waals surface area contributed by atoms with Gasteiger partial charge in [0.15, 0.2) is 23.0 Å². The van der Waals surface area contributed by atoms with E-state index in [4.69, 9.17) is 18.9 Å². The number of hydroxylamine groups is 1. The van der Waals surface area contributed by atoms with E-state index in [0.29, 0.717) is 49.4 Å². The zero-order valence-corrected chi connectivity index (χ0v) is 17.6. The summed E-state index contributed by atoms with van der Waals surface area (Å²) in [5.41, 5.74) is 5.70. The summed E-state index contributed by atoms with van der Waals surface area (Å²) in [6.07, 6.45) is 4.47. The van der Waals surface area contributed by atoms with Crippen LogP contribution in [0.25, 0.3) is 6.08 Å². The molecule has 8 nitrogen and oxygen atoms in total. The molecule has 0 saturated heterocycles. The van der Waals surface area contributed by atoms with Crippen molar-refractivity contribution in [3.63, 3.8) is 0 Å². The first-order valence-electron chi connectivity index (χ1n) is 10.9. The lowest BCUT2D eigenvalue weighted by atomic mass is 9.77. The Morgan fingerprint density at radius 2 is 1.56 bits per heavy atom. The second-order valence-corrected chi connectivity index (χ2v) is 8.07. The van der Waals surface area contributed by atoms with Gasteiger partial charge in [-0.1, -0.05) is 17.3 Å². The first kappa shape index (κ1) is 20.7. The van der Waals surface area contributed by atoms with Gasteiger partial charge in [-0.15, -0.1) is 0 Å². The van der Waals surface area contributed by atoms with Gasteiger partial charge in [-0.3, -0.25) is 0 Å². The smallest absolute Gasteiger partial charge is 0.161 e. The van der Waals surface area contributed by atoms with Gasteiger partial charge in [0.05, 0.1) is 11.8 Å². The summed E-state index contributed by atoms with van der Waals surface area (Å²) in [6, 6.07) is 10.9. The molecule has 2 heterocycles. The maximum Gasteiger partial charge on any atom is 0.161 e. The van der Waals surface area contributed by atoms with E-state index in [-0.39, 0.29) is 5.92 Å². The lowest BCUT2D eigenvalue weighted by Crippen LogP contribution is -2.34. The second kappa shape index (κ2) is 9.10. The predicted molar refractivity (Wildman–Crippen MR) is 117 cm³/mol. The summed E-state index contributed by atoms with van der Waals surface area (Å²) < 4.78 is 22.6. The molecule has 1 aliphatic carbocycles. The lowest BCUT2D eigenvalue weighted by molar-refractivity contribution is 0.106. The van der Waals surface area contributed by atoms with Crippen molar-refractivity contribution < 1.29 is 29.4 Å². The molecule has 0 amide bonds. The van der Waals surface area contributed by atoms with Gasteiger partial charge in [0.25, 0.3) is 0 Å². The number of ether oxygens (including phenoxy) is 4. The van der Waals surface area contributed by atoms with Crippen molar-refractivity contribution in [2.45, 2.75) is 25.3 Å². The van der Waals surface area contributed by atoms with Crippen molar-refractivity contribution in [3.05, 3.63) is 53.1 Å². The summed E-state index contributed by atoms with van der Waals surface area (Å²) in [6.45, 7) is 2.08. The van der Waals surface area contributed by atoms with Gasteiger partial charge in [0, 0.05) is 5.92 Å². The van der Waals surface area contributed by atoms with Gasteiger partial charge < -0.3 is 29.4 Å². The van der Waals surface area contributed by atoms with Crippen LogP contribution in [0.15, 0.2) is 47.1 Å². The number of oxime groups is 1. The third-order valence-electron chi connectivity index (χ3n) is 6.12. The highest BCUT2D eigenvalue weighted by Gasteiger charge is 2.33. The van der Waals surface area contributed by atoms with E-state index in [0.717, 1.165) is 41.7 Å². The van der Waals surface area contributed by atoms with Gasteiger partial charge in [0.2, 0.25) is 0 Å². The van der Waals surface area contributed by atoms with Crippen molar-refractivity contribution in [3.8, 4) is 23.0 Å². The fourth-order valence-electron chi connectivity index (χ4n) is 4.63. The van der Waals surface area contributed by atoms with Gasteiger partial charge in [0.1, 0.15) is 26.4 Å². The summed E-state index contributed by atoms with van der Waals surface area (Å²) >= 11 is 0. The van der Waals surface area contributed by atoms with Crippen LogP contribution in [0.3, 0.4) is 0 Å². The second-order valence-electron chi connectivity index (χ2n) is 8.07. The van der Waals surface area contributed by atoms with Crippen LogP contribution in [0.1, 0.15) is 36.4 Å². The summed E-state index contributed by atoms with van der Waals surface area (Å²) in [4.78, 5) is 0. The number of hydrogen-bond acceptors (Lipinski definition) is 8. The molecule has 0 aromatic heterocycles. The molecular weight excluding hydrogens is 412 g/mol. The molecule has 2 aromatic rings. The zero-order chi connectivity index (χ0) is 21.9. The maximum atomic E-state index is 10.0. The van der Waals surface area contributed by atoms with E-state index in [2.05, 4.69) is 10.6 Å². The van der Waals surface area contributed by atoms with E-state index in [1.807, 2.05) is 42.5 Å². The molecule has 5 rings (SSSR count). The first-order valence-corrected chi connectivity index (χ1v) is 10.9. The molecule has 0 radical (unpaired) electrons. The van der Waals surface area contributed by atoms with E-state index in [1.165, 1.54) is 0 Å². The average Bonchev–Trinajstić information content (AvgIpc) is 2.84. The van der Waals surface area contributed by atoms with Gasteiger partial charge >= 0.3 is 0 Å². The highest BCUT2D eigenvalue weighted by Crippen LogP contribution is 2.40. The van der Waals surface area contributed by atoms with Crippen molar-refractivity contribution >= 4 is 11.8 Å². The molecule has 168 valence electrons. The van der Waals surface area contributed by atoms with Crippen molar-refractivity contribution in [2.24, 2.45) is 11.1 Å². The number of benzene rings is 2. The molecule has 8 heteroatoms. The Labute approximate surface area is 186 Å². The number of rotatable bonds is 4. The third kappa shape index (κ3) is 3.99. The van der Waals surface area contributed by atoms with Crippen molar-refractivity contribution in [2.75, 3.05) is 26.4 Å². The van der Waals surface area contributed by atoms with Crippen molar-refractivity contribution in [1.29, 1.82) is 0 Å². The molecule has 2 unspecified atom stereocenters. The predicted octanol–water partition coefficient (Wildman–Crippen LogP) is 3.96. The molecule has 2 atom stereocenters. The zero-order valence-electron chi connectivity index (χ0n) is 17.6. The normalized spacial score (nSPS) is 23.2. The van der Waals surface area contributed by atoms with Gasteiger partial charge in [-0.2, -0.15) is 5.48 Å². The third-order valence-corrected chi connectivity index (χ3v) is 6.12. The molecule has 1 fully saturated rings. The monoisotopic (exact) mass is 438 g/mol. The first-order chi connectivity index (χ1) is 15.8. The van der Waals surface area contributed by atoms with E-state index < -0.39 is 6.04 Å². The lowest BCUT2D eigenvalue weighted by Gasteiger charge is -2.32. The quantitative estimate of drug-likeness (QED) is 0.491. The molecule has 0 bridgehead atoms. The molecule has 3 aliphatic rings. The number of fused-ring (bicyclic) bond motifs is 2. The average molecular weight is 438 g/mol. The highest BCUT2D eigenvalue weighted by atomic mass is 16.6.